The number of aromatic nitrogens is 2. The summed E-state index contributed by atoms with van der Waals surface area (Å²) in [4.78, 5) is 51.1. The summed E-state index contributed by atoms with van der Waals surface area (Å²) in [5.41, 5.74) is 4.26. The fourth-order valence-electron chi connectivity index (χ4n) is 6.72. The molecule has 2 amide bonds. The van der Waals surface area contributed by atoms with E-state index >= 15 is 0 Å². The number of hydrogen-bond acceptors (Lipinski definition) is 9. The molecule has 266 valence electrons. The third kappa shape index (κ3) is 7.44. The normalized spacial score (nSPS) is 20.7. The van der Waals surface area contributed by atoms with Crippen LogP contribution < -0.4 is 10.6 Å². The van der Waals surface area contributed by atoms with Gasteiger partial charge in [-0.1, -0.05) is 68.8 Å². The van der Waals surface area contributed by atoms with E-state index in [1.807, 2.05) is 24.3 Å². The van der Waals surface area contributed by atoms with Gasteiger partial charge >= 0.3 is 5.97 Å². The number of methoxy groups -OCH3 is 1. The Balaban J connectivity index is 1.25. The standard InChI is InChI=1S/C37H46ClN5O6Si/c1-37(2,3)50(5,6)49-30-18-22-9-7-8-10-25(22)34(30)41-31(44)21-43-29(19-32(45)47-4)26-12-11-23(17-27(26)35(43)46)33-28(38)20-39-36(42-33)40-24-13-15-48-16-14-24/h7-12,17,20,24,29-30,34H,13-16,18-19,21H2,1-6H3,(H,41,44)(H,39,40,42)/t29?,30-,34+/m1/s1. The van der Waals surface area contributed by atoms with E-state index < -0.39 is 20.3 Å². The highest BCUT2D eigenvalue weighted by Crippen LogP contribution is 2.43. The molecule has 3 atom stereocenters. The molecular weight excluding hydrogens is 674 g/mol. The van der Waals surface area contributed by atoms with E-state index in [0.29, 0.717) is 53.0 Å². The molecule has 50 heavy (non-hydrogen) atoms. The fraction of sp³-hybridized carbons (Fsp3) is 0.486. The summed E-state index contributed by atoms with van der Waals surface area (Å²) in [5.74, 6) is -0.748. The predicted octanol–water partition coefficient (Wildman–Crippen LogP) is 6.25. The summed E-state index contributed by atoms with van der Waals surface area (Å²) < 4.78 is 17.3. The maximum Gasteiger partial charge on any atom is 0.307 e. The number of rotatable bonds is 10. The lowest BCUT2D eigenvalue weighted by atomic mass is 9.98. The molecule has 13 heteroatoms. The molecule has 2 aromatic carbocycles. The molecule has 0 spiro atoms. The van der Waals surface area contributed by atoms with Crippen LogP contribution in [0.2, 0.25) is 23.2 Å². The molecule has 2 aliphatic heterocycles. The second-order valence-electron chi connectivity index (χ2n) is 14.8. The van der Waals surface area contributed by atoms with Crippen LogP contribution in [-0.4, -0.2) is 80.0 Å². The average molecular weight is 720 g/mol. The van der Waals surface area contributed by atoms with Crippen LogP contribution in [0.25, 0.3) is 11.3 Å². The Morgan fingerprint density at radius 1 is 1.10 bits per heavy atom. The first kappa shape index (κ1) is 36.0. The molecule has 0 saturated carbocycles. The molecule has 2 N–H and O–H groups in total. The number of ether oxygens (including phenoxy) is 2. The van der Waals surface area contributed by atoms with Crippen molar-refractivity contribution in [1.29, 1.82) is 0 Å². The van der Waals surface area contributed by atoms with Gasteiger partial charge in [0, 0.05) is 36.8 Å². The summed E-state index contributed by atoms with van der Waals surface area (Å²) in [6.07, 6.45) is 3.58. The highest BCUT2D eigenvalue weighted by Gasteiger charge is 2.45. The topological polar surface area (TPSA) is 132 Å². The minimum Gasteiger partial charge on any atom is -0.469 e. The molecule has 0 radical (unpaired) electrons. The molecule has 3 aliphatic rings. The van der Waals surface area contributed by atoms with Crippen molar-refractivity contribution in [3.63, 3.8) is 0 Å². The molecule has 1 aromatic heterocycles. The Kier molecular flexibility index (Phi) is 10.4. The lowest BCUT2D eigenvalue weighted by Gasteiger charge is -2.40. The number of nitrogens with one attached hydrogen (secondary N) is 2. The predicted molar refractivity (Wildman–Crippen MR) is 193 cm³/mol. The van der Waals surface area contributed by atoms with Crippen molar-refractivity contribution >= 4 is 43.7 Å². The van der Waals surface area contributed by atoms with Gasteiger partial charge in [-0.2, -0.15) is 0 Å². The van der Waals surface area contributed by atoms with Gasteiger partial charge in [-0.15, -0.1) is 0 Å². The SMILES string of the molecule is COC(=O)CC1c2ccc(-c3nc(NC4CCOCC4)ncc3Cl)cc2C(=O)N1CC(=O)N[C@H]1c2ccccc2C[C@H]1O[Si](C)(C)C(C)(C)C. The second-order valence-corrected chi connectivity index (χ2v) is 20.0. The summed E-state index contributed by atoms with van der Waals surface area (Å²) in [6, 6.07) is 12.5. The van der Waals surface area contributed by atoms with E-state index in [4.69, 9.17) is 30.5 Å². The number of carbonyl (C=O) groups excluding carboxylic acids is 3. The van der Waals surface area contributed by atoms with E-state index in [1.165, 1.54) is 12.0 Å². The first-order chi connectivity index (χ1) is 23.8. The Bertz CT molecular complexity index is 1780. The van der Waals surface area contributed by atoms with Gasteiger partial charge in [0.25, 0.3) is 5.91 Å². The number of anilines is 1. The number of fused-ring (bicyclic) bond motifs is 2. The van der Waals surface area contributed by atoms with Gasteiger partial charge in [-0.25, -0.2) is 9.97 Å². The van der Waals surface area contributed by atoms with Gasteiger partial charge in [0.15, 0.2) is 8.32 Å². The number of halogens is 1. The van der Waals surface area contributed by atoms with Crippen LogP contribution in [0.1, 0.15) is 79.2 Å². The van der Waals surface area contributed by atoms with Crippen molar-refractivity contribution in [1.82, 2.24) is 20.2 Å². The third-order valence-electron chi connectivity index (χ3n) is 10.5. The zero-order valence-electron chi connectivity index (χ0n) is 29.5. The molecule has 1 fully saturated rings. The molecule has 3 heterocycles. The van der Waals surface area contributed by atoms with Crippen molar-refractivity contribution in [3.8, 4) is 11.3 Å². The van der Waals surface area contributed by atoms with Gasteiger partial charge < -0.3 is 29.4 Å². The van der Waals surface area contributed by atoms with Gasteiger partial charge in [0.05, 0.1) is 48.6 Å². The monoisotopic (exact) mass is 719 g/mol. The summed E-state index contributed by atoms with van der Waals surface area (Å²) in [5, 5.41) is 6.89. The highest BCUT2D eigenvalue weighted by atomic mass is 35.5. The maximum absolute atomic E-state index is 14.1. The van der Waals surface area contributed by atoms with Crippen LogP contribution in [-0.2, 0) is 29.9 Å². The van der Waals surface area contributed by atoms with E-state index in [2.05, 4.69) is 55.5 Å². The van der Waals surface area contributed by atoms with Crippen molar-refractivity contribution in [2.75, 3.05) is 32.2 Å². The van der Waals surface area contributed by atoms with Gasteiger partial charge in [0.2, 0.25) is 11.9 Å². The minimum atomic E-state index is -2.17. The minimum absolute atomic E-state index is 0.0110. The number of benzene rings is 2. The first-order valence-electron chi connectivity index (χ1n) is 17.2. The molecule has 1 aliphatic carbocycles. The van der Waals surface area contributed by atoms with E-state index in [1.54, 1.807) is 18.3 Å². The number of esters is 1. The van der Waals surface area contributed by atoms with Crippen molar-refractivity contribution in [3.05, 3.63) is 75.9 Å². The van der Waals surface area contributed by atoms with Crippen LogP contribution in [0.5, 0.6) is 0 Å². The summed E-state index contributed by atoms with van der Waals surface area (Å²) >= 11 is 6.58. The Hall–Kier alpha value is -3.84. The fourth-order valence-corrected chi connectivity index (χ4v) is 8.25. The average Bonchev–Trinajstić information content (AvgIpc) is 3.54. The van der Waals surface area contributed by atoms with Crippen LogP contribution in [0, 0.1) is 0 Å². The van der Waals surface area contributed by atoms with Crippen molar-refractivity contribution in [2.45, 2.75) is 88.8 Å². The molecule has 0 bridgehead atoms. The molecule has 11 nitrogen and oxygen atoms in total. The Morgan fingerprint density at radius 3 is 2.56 bits per heavy atom. The van der Waals surface area contributed by atoms with Crippen LogP contribution in [0.15, 0.2) is 48.7 Å². The van der Waals surface area contributed by atoms with Gasteiger partial charge in [-0.3, -0.25) is 14.4 Å². The van der Waals surface area contributed by atoms with Crippen LogP contribution in [0.3, 0.4) is 0 Å². The zero-order chi connectivity index (χ0) is 35.8. The smallest absolute Gasteiger partial charge is 0.307 e. The number of hydrogen-bond donors (Lipinski definition) is 2. The lowest BCUT2D eigenvalue weighted by molar-refractivity contribution is -0.142. The zero-order valence-corrected chi connectivity index (χ0v) is 31.3. The number of amides is 2. The Morgan fingerprint density at radius 2 is 1.84 bits per heavy atom. The first-order valence-corrected chi connectivity index (χ1v) is 20.5. The number of nitrogens with zero attached hydrogens (tertiary/aromatic N) is 3. The highest BCUT2D eigenvalue weighted by molar-refractivity contribution is 6.74. The quantitative estimate of drug-likeness (QED) is 0.184. The third-order valence-corrected chi connectivity index (χ3v) is 15.3. The maximum atomic E-state index is 14.1. The van der Waals surface area contributed by atoms with E-state index in [9.17, 15) is 14.4 Å². The summed E-state index contributed by atoms with van der Waals surface area (Å²) in [7, 11) is -0.864. The Labute approximate surface area is 299 Å². The van der Waals surface area contributed by atoms with Crippen LogP contribution >= 0.6 is 11.6 Å². The molecule has 1 unspecified atom stereocenters. The molecule has 3 aromatic rings. The summed E-state index contributed by atoms with van der Waals surface area (Å²) in [6.45, 7) is 12.1. The largest absolute Gasteiger partial charge is 0.469 e. The van der Waals surface area contributed by atoms with Crippen molar-refractivity contribution in [2.24, 2.45) is 0 Å². The van der Waals surface area contributed by atoms with Crippen LogP contribution in [0.4, 0.5) is 5.95 Å². The van der Waals surface area contributed by atoms with Crippen molar-refractivity contribution < 1.29 is 28.3 Å². The van der Waals surface area contributed by atoms with E-state index in [-0.39, 0.29) is 48.0 Å². The molecule has 6 rings (SSSR count). The molecular formula is C37H46ClN5O6Si. The van der Waals surface area contributed by atoms with E-state index in [0.717, 1.165) is 24.0 Å². The second kappa shape index (κ2) is 14.4. The van der Waals surface area contributed by atoms with Gasteiger partial charge in [0.1, 0.15) is 6.54 Å². The van der Waals surface area contributed by atoms with Gasteiger partial charge in [-0.05, 0) is 53.7 Å². The molecule has 1 saturated heterocycles. The number of carbonyl (C=O) groups is 3. The lowest BCUT2D eigenvalue weighted by Crippen LogP contribution is -2.48.